The van der Waals surface area contributed by atoms with E-state index in [1.807, 2.05) is 0 Å². The largest absolute Gasteiger partial charge is 0.479 e. The molecule has 0 saturated carbocycles. The molecule has 15 heavy (non-hydrogen) atoms. The molecule has 2 rings (SSSR count). The van der Waals surface area contributed by atoms with E-state index < -0.39 is 17.8 Å². The van der Waals surface area contributed by atoms with Gasteiger partial charge in [-0.2, -0.15) is 0 Å². The van der Waals surface area contributed by atoms with E-state index in [0.717, 1.165) is 0 Å². The highest BCUT2D eigenvalue weighted by Gasteiger charge is 2.19. The summed E-state index contributed by atoms with van der Waals surface area (Å²) in [5.74, 6) is -1.36. The first-order valence-electron chi connectivity index (χ1n) is 4.21. The zero-order chi connectivity index (χ0) is 11.0. The summed E-state index contributed by atoms with van der Waals surface area (Å²) in [5.41, 5.74) is 0.517. The minimum atomic E-state index is -1.64. The van der Waals surface area contributed by atoms with Crippen LogP contribution in [0.1, 0.15) is 11.7 Å². The zero-order valence-corrected chi connectivity index (χ0v) is 7.52. The molecule has 78 valence electrons. The predicted octanol–water partition coefficient (Wildman–Crippen LogP) is -0.0258. The third kappa shape index (κ3) is 1.50. The number of nitrogens with one attached hydrogen (secondary N) is 2. The summed E-state index contributed by atoms with van der Waals surface area (Å²) in [6.07, 6.45) is -1.64. The molecule has 1 aromatic heterocycles. The Bertz CT molecular complexity index is 569. The van der Waals surface area contributed by atoms with E-state index in [1.54, 1.807) is 12.1 Å². The number of aliphatic hydroxyl groups excluding tert-OH is 1. The van der Waals surface area contributed by atoms with Crippen LogP contribution in [0.3, 0.4) is 0 Å². The minimum absolute atomic E-state index is 0.165. The Morgan fingerprint density at radius 3 is 2.73 bits per heavy atom. The van der Waals surface area contributed by atoms with E-state index in [2.05, 4.69) is 9.97 Å². The van der Waals surface area contributed by atoms with Gasteiger partial charge in [0.2, 0.25) is 0 Å². The fraction of sp³-hybridized carbons (Fsp3) is 0.111. The van der Waals surface area contributed by atoms with Gasteiger partial charge in [-0.1, -0.05) is 12.1 Å². The molecule has 0 fully saturated rings. The fourth-order valence-corrected chi connectivity index (χ4v) is 1.44. The monoisotopic (exact) mass is 208 g/mol. The number of aromatic amines is 2. The molecule has 6 heteroatoms. The highest BCUT2D eigenvalue weighted by Crippen LogP contribution is 2.20. The van der Waals surface area contributed by atoms with Crippen molar-refractivity contribution in [3.05, 3.63) is 34.2 Å². The maximum Gasteiger partial charge on any atom is 0.337 e. The van der Waals surface area contributed by atoms with Crippen LogP contribution in [-0.2, 0) is 4.79 Å². The predicted molar refractivity (Wildman–Crippen MR) is 51.5 cm³/mol. The summed E-state index contributed by atoms with van der Waals surface area (Å²) in [5, 5.41) is 18.0. The van der Waals surface area contributed by atoms with E-state index in [-0.39, 0.29) is 5.56 Å². The number of carboxylic acids is 1. The van der Waals surface area contributed by atoms with Gasteiger partial charge in [-0.05, 0) is 6.07 Å². The van der Waals surface area contributed by atoms with Crippen molar-refractivity contribution in [1.29, 1.82) is 0 Å². The standard InChI is InChI=1S/C9H8N2O4/c12-7(8(13)14)4-2-1-3-5-6(4)11-9(15)10-5/h1-3,7,12H,(H,13,14)(H2,10,11,15). The molecule has 1 unspecified atom stereocenters. The van der Waals surface area contributed by atoms with Crippen molar-refractivity contribution in [2.24, 2.45) is 0 Å². The maximum absolute atomic E-state index is 11.0. The Hall–Kier alpha value is -2.08. The lowest BCUT2D eigenvalue weighted by atomic mass is 10.1. The van der Waals surface area contributed by atoms with Crippen LogP contribution in [0.2, 0.25) is 0 Å². The highest BCUT2D eigenvalue weighted by atomic mass is 16.4. The molecule has 0 bridgehead atoms. The Morgan fingerprint density at radius 2 is 2.07 bits per heavy atom. The van der Waals surface area contributed by atoms with E-state index in [4.69, 9.17) is 5.11 Å². The van der Waals surface area contributed by atoms with Gasteiger partial charge in [-0.25, -0.2) is 9.59 Å². The second-order valence-electron chi connectivity index (χ2n) is 3.09. The third-order valence-electron chi connectivity index (χ3n) is 2.11. The number of para-hydroxylation sites is 1. The molecule has 0 radical (unpaired) electrons. The summed E-state index contributed by atoms with van der Waals surface area (Å²) in [4.78, 5) is 26.5. The van der Waals surface area contributed by atoms with Gasteiger partial charge in [0.25, 0.3) is 0 Å². The van der Waals surface area contributed by atoms with Gasteiger partial charge in [0.05, 0.1) is 11.0 Å². The van der Waals surface area contributed by atoms with Gasteiger partial charge >= 0.3 is 11.7 Å². The SMILES string of the molecule is O=C(O)C(O)c1cccc2[nH]c(=O)[nH]c12. The molecule has 1 atom stereocenters. The lowest BCUT2D eigenvalue weighted by molar-refractivity contribution is -0.146. The lowest BCUT2D eigenvalue weighted by Crippen LogP contribution is -2.11. The molecule has 4 N–H and O–H groups in total. The van der Waals surface area contributed by atoms with Crippen LogP contribution in [0.5, 0.6) is 0 Å². The van der Waals surface area contributed by atoms with Crippen LogP contribution < -0.4 is 5.69 Å². The van der Waals surface area contributed by atoms with Crippen LogP contribution >= 0.6 is 0 Å². The summed E-state index contributed by atoms with van der Waals surface area (Å²) in [6.45, 7) is 0. The Balaban J connectivity index is 2.70. The second kappa shape index (κ2) is 3.25. The van der Waals surface area contributed by atoms with Crippen LogP contribution in [0.4, 0.5) is 0 Å². The van der Waals surface area contributed by atoms with Crippen molar-refractivity contribution in [2.45, 2.75) is 6.10 Å². The van der Waals surface area contributed by atoms with Gasteiger partial charge in [0.15, 0.2) is 6.10 Å². The van der Waals surface area contributed by atoms with Crippen LogP contribution in [0.25, 0.3) is 11.0 Å². The first-order valence-corrected chi connectivity index (χ1v) is 4.21. The van der Waals surface area contributed by atoms with Crippen molar-refractivity contribution in [3.63, 3.8) is 0 Å². The molecule has 0 saturated heterocycles. The lowest BCUT2D eigenvalue weighted by Gasteiger charge is -2.05. The Labute approximate surface area is 83.2 Å². The Morgan fingerprint density at radius 1 is 1.33 bits per heavy atom. The van der Waals surface area contributed by atoms with Gasteiger partial charge in [-0.15, -0.1) is 0 Å². The van der Waals surface area contributed by atoms with Crippen molar-refractivity contribution >= 4 is 17.0 Å². The first-order chi connectivity index (χ1) is 7.09. The molecular formula is C9H8N2O4. The summed E-state index contributed by atoms with van der Waals surface area (Å²) in [7, 11) is 0. The van der Waals surface area contributed by atoms with Crippen molar-refractivity contribution in [3.8, 4) is 0 Å². The van der Waals surface area contributed by atoms with Gasteiger partial charge in [0.1, 0.15) is 0 Å². The maximum atomic E-state index is 11.0. The van der Waals surface area contributed by atoms with Crippen molar-refractivity contribution in [1.82, 2.24) is 9.97 Å². The molecule has 1 aromatic carbocycles. The van der Waals surface area contributed by atoms with Crippen LogP contribution in [0.15, 0.2) is 23.0 Å². The quantitative estimate of drug-likeness (QED) is 0.556. The Kier molecular flexibility index (Phi) is 2.05. The average molecular weight is 208 g/mol. The molecule has 0 aliphatic carbocycles. The molecule has 6 nitrogen and oxygen atoms in total. The number of benzene rings is 1. The number of H-pyrrole nitrogens is 2. The molecule has 1 heterocycles. The highest BCUT2D eigenvalue weighted by molar-refractivity contribution is 5.84. The number of fused-ring (bicyclic) bond motifs is 1. The van der Waals surface area contributed by atoms with Gasteiger partial charge in [-0.3, -0.25) is 0 Å². The smallest absolute Gasteiger partial charge is 0.337 e. The number of hydrogen-bond acceptors (Lipinski definition) is 3. The van der Waals surface area contributed by atoms with E-state index >= 15 is 0 Å². The molecular weight excluding hydrogens is 200 g/mol. The normalized spacial score (nSPS) is 12.9. The molecule has 0 amide bonds. The number of aliphatic carboxylic acids is 1. The number of imidazole rings is 1. The summed E-state index contributed by atoms with van der Waals surface area (Å²) >= 11 is 0. The number of aliphatic hydroxyl groups is 1. The fourth-order valence-electron chi connectivity index (χ4n) is 1.44. The van der Waals surface area contributed by atoms with Gasteiger partial charge < -0.3 is 20.2 Å². The second-order valence-corrected chi connectivity index (χ2v) is 3.09. The van der Waals surface area contributed by atoms with Crippen LogP contribution in [-0.4, -0.2) is 26.2 Å². The first kappa shape index (κ1) is 9.47. The topological polar surface area (TPSA) is 106 Å². The van der Waals surface area contributed by atoms with Crippen molar-refractivity contribution < 1.29 is 15.0 Å². The van der Waals surface area contributed by atoms with E-state index in [9.17, 15) is 14.7 Å². The number of carboxylic acid groups (broad SMARTS) is 1. The number of hydrogen-bond donors (Lipinski definition) is 4. The zero-order valence-electron chi connectivity index (χ0n) is 7.52. The third-order valence-corrected chi connectivity index (χ3v) is 2.11. The molecule has 2 aromatic rings. The minimum Gasteiger partial charge on any atom is -0.479 e. The van der Waals surface area contributed by atoms with E-state index in [1.165, 1.54) is 6.07 Å². The molecule has 0 aliphatic rings. The number of rotatable bonds is 2. The number of aromatic nitrogens is 2. The molecule has 0 spiro atoms. The summed E-state index contributed by atoms with van der Waals surface area (Å²) < 4.78 is 0. The molecule has 0 aliphatic heterocycles. The number of carbonyl (C=O) groups is 1. The van der Waals surface area contributed by atoms with Crippen molar-refractivity contribution in [2.75, 3.05) is 0 Å². The van der Waals surface area contributed by atoms with Crippen LogP contribution in [0, 0.1) is 0 Å². The van der Waals surface area contributed by atoms with Gasteiger partial charge in [0, 0.05) is 5.56 Å². The summed E-state index contributed by atoms with van der Waals surface area (Å²) in [6, 6.07) is 4.63. The van der Waals surface area contributed by atoms with E-state index in [0.29, 0.717) is 11.0 Å². The average Bonchev–Trinajstić information content (AvgIpc) is 2.56.